The van der Waals surface area contributed by atoms with Crippen molar-refractivity contribution in [3.63, 3.8) is 0 Å². The molecular formula is C14H18N4O3. The summed E-state index contributed by atoms with van der Waals surface area (Å²) in [6.45, 7) is 2.00. The molecule has 2 aliphatic rings. The number of carbonyl (C=O) groups is 2. The molecule has 112 valence electrons. The Kier molecular flexibility index (Phi) is 3.85. The van der Waals surface area contributed by atoms with Crippen molar-refractivity contribution >= 4 is 11.8 Å². The minimum Gasteiger partial charge on any atom is -0.394 e. The number of hydrogen-bond donors (Lipinski definition) is 2. The lowest BCUT2D eigenvalue weighted by Crippen LogP contribution is -2.69. The molecule has 21 heavy (non-hydrogen) atoms. The second-order valence-corrected chi connectivity index (χ2v) is 5.35. The van der Waals surface area contributed by atoms with Gasteiger partial charge in [0.25, 0.3) is 0 Å². The molecule has 0 radical (unpaired) electrons. The van der Waals surface area contributed by atoms with Crippen LogP contribution >= 0.6 is 0 Å². The Morgan fingerprint density at radius 1 is 1.33 bits per heavy atom. The van der Waals surface area contributed by atoms with E-state index in [0.717, 1.165) is 5.69 Å². The van der Waals surface area contributed by atoms with E-state index in [1.807, 2.05) is 18.2 Å². The number of hydrogen-bond acceptors (Lipinski definition) is 5. The monoisotopic (exact) mass is 290 g/mol. The third kappa shape index (κ3) is 2.74. The highest BCUT2D eigenvalue weighted by Gasteiger charge is 2.43. The molecule has 3 heterocycles. The molecule has 2 aliphatic heterocycles. The summed E-state index contributed by atoms with van der Waals surface area (Å²) in [5.74, 6) is -0.390. The van der Waals surface area contributed by atoms with Gasteiger partial charge in [-0.15, -0.1) is 0 Å². The van der Waals surface area contributed by atoms with Crippen LogP contribution in [-0.4, -0.2) is 70.0 Å². The Balaban J connectivity index is 1.68. The number of aromatic nitrogens is 1. The Hall–Kier alpha value is -1.99. The van der Waals surface area contributed by atoms with E-state index in [0.29, 0.717) is 26.2 Å². The van der Waals surface area contributed by atoms with Gasteiger partial charge in [0.2, 0.25) is 11.8 Å². The minimum absolute atomic E-state index is 0.195. The third-order valence-electron chi connectivity index (χ3n) is 3.96. The van der Waals surface area contributed by atoms with E-state index in [1.54, 1.807) is 11.1 Å². The van der Waals surface area contributed by atoms with Gasteiger partial charge >= 0.3 is 0 Å². The number of carbonyl (C=O) groups excluding carboxylic acids is 2. The number of amides is 2. The second-order valence-electron chi connectivity index (χ2n) is 5.35. The van der Waals surface area contributed by atoms with E-state index in [9.17, 15) is 9.59 Å². The maximum atomic E-state index is 12.1. The van der Waals surface area contributed by atoms with Crippen LogP contribution in [0.5, 0.6) is 0 Å². The van der Waals surface area contributed by atoms with Crippen LogP contribution in [0.2, 0.25) is 0 Å². The fourth-order valence-corrected chi connectivity index (χ4v) is 2.85. The Bertz CT molecular complexity index is 536. The number of nitrogens with zero attached hydrogens (tertiary/aromatic N) is 3. The van der Waals surface area contributed by atoms with Crippen LogP contribution < -0.4 is 5.32 Å². The number of nitrogens with one attached hydrogen (secondary N) is 1. The van der Waals surface area contributed by atoms with Gasteiger partial charge in [-0.05, 0) is 12.1 Å². The first-order valence-corrected chi connectivity index (χ1v) is 7.03. The summed E-state index contributed by atoms with van der Waals surface area (Å²) in [7, 11) is 0. The van der Waals surface area contributed by atoms with Gasteiger partial charge < -0.3 is 15.3 Å². The molecule has 2 N–H and O–H groups in total. The van der Waals surface area contributed by atoms with E-state index in [1.165, 1.54) is 0 Å². The molecule has 1 aromatic rings. The fraction of sp³-hybridized carbons (Fsp3) is 0.500. The first-order valence-electron chi connectivity index (χ1n) is 7.03. The van der Waals surface area contributed by atoms with Gasteiger partial charge in [-0.3, -0.25) is 19.5 Å². The second kappa shape index (κ2) is 5.79. The first kappa shape index (κ1) is 14.0. The maximum Gasteiger partial charge on any atom is 0.248 e. The Labute approximate surface area is 122 Å². The zero-order valence-electron chi connectivity index (χ0n) is 11.6. The number of fused-ring (bicyclic) bond motifs is 1. The average molecular weight is 290 g/mol. The molecular weight excluding hydrogens is 272 g/mol. The number of aliphatic hydroxyl groups is 1. The molecule has 0 saturated carbocycles. The predicted molar refractivity (Wildman–Crippen MR) is 74.0 cm³/mol. The minimum atomic E-state index is -0.795. The zero-order chi connectivity index (χ0) is 14.8. The summed E-state index contributed by atoms with van der Waals surface area (Å²) in [6.07, 6.45) is 1.74. The predicted octanol–water partition coefficient (Wildman–Crippen LogP) is -1.41. The molecule has 0 aliphatic carbocycles. The first-order chi connectivity index (χ1) is 10.2. The summed E-state index contributed by atoms with van der Waals surface area (Å²) in [4.78, 5) is 32.2. The Morgan fingerprint density at radius 3 is 2.90 bits per heavy atom. The third-order valence-corrected chi connectivity index (χ3v) is 3.96. The standard InChI is InChI=1S/C14H18N4O3/c19-9-11-14(21)18-6-5-17(8-12(18)13(20)16-11)7-10-3-1-2-4-15-10/h1-4,11-12,19H,5-9H2,(H,16,20)/t11-,12+/m0/s1. The van der Waals surface area contributed by atoms with Gasteiger partial charge in [0, 0.05) is 32.4 Å². The van der Waals surface area contributed by atoms with Crippen molar-refractivity contribution in [1.82, 2.24) is 20.1 Å². The summed E-state index contributed by atoms with van der Waals surface area (Å²) >= 11 is 0. The zero-order valence-corrected chi connectivity index (χ0v) is 11.6. The molecule has 0 aromatic carbocycles. The van der Waals surface area contributed by atoms with Crippen molar-refractivity contribution in [3.8, 4) is 0 Å². The highest BCUT2D eigenvalue weighted by molar-refractivity contribution is 5.97. The molecule has 2 fully saturated rings. The van der Waals surface area contributed by atoms with Crippen molar-refractivity contribution in [2.24, 2.45) is 0 Å². The van der Waals surface area contributed by atoms with Gasteiger partial charge in [0.15, 0.2) is 0 Å². The lowest BCUT2D eigenvalue weighted by Gasteiger charge is -2.44. The smallest absolute Gasteiger partial charge is 0.248 e. The molecule has 7 nitrogen and oxygen atoms in total. The van der Waals surface area contributed by atoms with E-state index < -0.39 is 12.1 Å². The highest BCUT2D eigenvalue weighted by atomic mass is 16.3. The van der Waals surface area contributed by atoms with Gasteiger partial charge in [-0.25, -0.2) is 0 Å². The summed E-state index contributed by atoms with van der Waals surface area (Å²) < 4.78 is 0. The van der Waals surface area contributed by atoms with Crippen LogP contribution in [0, 0.1) is 0 Å². The van der Waals surface area contributed by atoms with Crippen molar-refractivity contribution in [1.29, 1.82) is 0 Å². The largest absolute Gasteiger partial charge is 0.394 e. The van der Waals surface area contributed by atoms with E-state index in [-0.39, 0.29) is 18.4 Å². The highest BCUT2D eigenvalue weighted by Crippen LogP contribution is 2.17. The van der Waals surface area contributed by atoms with Gasteiger partial charge in [0.1, 0.15) is 12.1 Å². The maximum absolute atomic E-state index is 12.1. The van der Waals surface area contributed by atoms with Crippen LogP contribution in [0.25, 0.3) is 0 Å². The number of piperazine rings is 2. The van der Waals surface area contributed by atoms with Gasteiger partial charge in [-0.1, -0.05) is 6.07 Å². The SMILES string of the molecule is O=C1N[C@@H](CO)C(=O)N2CCN(Cc3ccccn3)C[C@H]12. The van der Waals surface area contributed by atoms with E-state index in [2.05, 4.69) is 15.2 Å². The number of pyridine rings is 1. The number of rotatable bonds is 3. The molecule has 7 heteroatoms. The molecule has 0 spiro atoms. The van der Waals surface area contributed by atoms with Crippen LogP contribution in [0.1, 0.15) is 5.69 Å². The van der Waals surface area contributed by atoms with E-state index >= 15 is 0 Å². The van der Waals surface area contributed by atoms with E-state index in [4.69, 9.17) is 5.11 Å². The molecule has 3 rings (SSSR count). The fourth-order valence-electron chi connectivity index (χ4n) is 2.85. The normalized spacial score (nSPS) is 26.4. The number of aliphatic hydroxyl groups excluding tert-OH is 1. The molecule has 0 bridgehead atoms. The topological polar surface area (TPSA) is 85.8 Å². The van der Waals surface area contributed by atoms with Crippen LogP contribution in [-0.2, 0) is 16.1 Å². The van der Waals surface area contributed by atoms with Crippen LogP contribution in [0.4, 0.5) is 0 Å². The van der Waals surface area contributed by atoms with Crippen molar-refractivity contribution < 1.29 is 14.7 Å². The summed E-state index contributed by atoms with van der Waals surface area (Å²) in [5, 5.41) is 11.7. The molecule has 1 aromatic heterocycles. The molecule has 2 amide bonds. The Morgan fingerprint density at radius 2 is 2.19 bits per heavy atom. The van der Waals surface area contributed by atoms with Crippen LogP contribution in [0.15, 0.2) is 24.4 Å². The molecule has 2 saturated heterocycles. The quantitative estimate of drug-likeness (QED) is 0.714. The van der Waals surface area contributed by atoms with Crippen molar-refractivity contribution in [2.45, 2.75) is 18.6 Å². The lowest BCUT2D eigenvalue weighted by molar-refractivity contribution is -0.154. The van der Waals surface area contributed by atoms with Crippen molar-refractivity contribution in [2.75, 3.05) is 26.2 Å². The lowest BCUT2D eigenvalue weighted by atomic mass is 10.0. The summed E-state index contributed by atoms with van der Waals surface area (Å²) in [6, 6.07) is 4.47. The van der Waals surface area contributed by atoms with Crippen molar-refractivity contribution in [3.05, 3.63) is 30.1 Å². The van der Waals surface area contributed by atoms with Crippen LogP contribution in [0.3, 0.4) is 0 Å². The average Bonchev–Trinajstić information content (AvgIpc) is 2.52. The van der Waals surface area contributed by atoms with Gasteiger partial charge in [0.05, 0.1) is 12.3 Å². The molecule has 0 unspecified atom stereocenters. The van der Waals surface area contributed by atoms with Gasteiger partial charge in [-0.2, -0.15) is 0 Å². The summed E-state index contributed by atoms with van der Waals surface area (Å²) in [5.41, 5.74) is 0.946. The molecule has 2 atom stereocenters.